The van der Waals surface area contributed by atoms with Crippen molar-refractivity contribution in [1.29, 1.82) is 0 Å². The third-order valence-electron chi connectivity index (χ3n) is 4.56. The predicted octanol–water partition coefficient (Wildman–Crippen LogP) is 2.74. The van der Waals surface area contributed by atoms with E-state index < -0.39 is 24.0 Å². The zero-order valence-electron chi connectivity index (χ0n) is 17.7. The first-order valence-corrected chi connectivity index (χ1v) is 10.6. The number of esters is 2. The zero-order valence-corrected chi connectivity index (χ0v) is 18.5. The number of thiophene rings is 1. The summed E-state index contributed by atoms with van der Waals surface area (Å²) in [6, 6.07) is 0.750. The highest BCUT2D eigenvalue weighted by atomic mass is 32.1. The first kappa shape index (κ1) is 21.8. The van der Waals surface area contributed by atoms with Gasteiger partial charge in [-0.1, -0.05) is 13.8 Å². The molecule has 162 valence electrons. The van der Waals surface area contributed by atoms with Gasteiger partial charge < -0.3 is 20.1 Å². The molecule has 2 aromatic heterocycles. The van der Waals surface area contributed by atoms with Crippen LogP contribution in [0.25, 0.3) is 10.2 Å². The fourth-order valence-electron chi connectivity index (χ4n) is 3.29. The molecule has 1 atom stereocenters. The zero-order chi connectivity index (χ0) is 22.0. The van der Waals surface area contributed by atoms with Gasteiger partial charge in [0.2, 0.25) is 0 Å². The molecule has 0 aromatic carbocycles. The molecule has 3 rings (SSSR count). The summed E-state index contributed by atoms with van der Waals surface area (Å²) in [5, 5.41) is 10.6. The average molecular weight is 435 g/mol. The molecule has 0 spiro atoms. The van der Waals surface area contributed by atoms with Crippen molar-refractivity contribution in [1.82, 2.24) is 20.4 Å². The van der Waals surface area contributed by atoms with Crippen LogP contribution >= 0.6 is 11.3 Å². The third-order valence-corrected chi connectivity index (χ3v) is 5.69. The number of rotatable bonds is 7. The molecule has 0 radical (unpaired) electrons. The van der Waals surface area contributed by atoms with Gasteiger partial charge in [0.05, 0.1) is 29.6 Å². The van der Waals surface area contributed by atoms with E-state index in [4.69, 9.17) is 9.47 Å². The fourth-order valence-corrected chi connectivity index (χ4v) is 4.35. The molecule has 10 heteroatoms. The van der Waals surface area contributed by atoms with E-state index in [1.807, 2.05) is 11.6 Å². The molecule has 0 saturated heterocycles. The Hall–Kier alpha value is -2.88. The van der Waals surface area contributed by atoms with Gasteiger partial charge >= 0.3 is 18.0 Å². The second-order valence-corrected chi connectivity index (χ2v) is 8.53. The van der Waals surface area contributed by atoms with Crippen molar-refractivity contribution in [3.63, 3.8) is 0 Å². The molecule has 2 aromatic rings. The minimum atomic E-state index is -0.560. The number of aryl methyl sites for hydroxylation is 1. The van der Waals surface area contributed by atoms with Gasteiger partial charge in [-0.15, -0.1) is 11.3 Å². The van der Waals surface area contributed by atoms with Crippen LogP contribution in [0, 0.1) is 12.8 Å². The van der Waals surface area contributed by atoms with Crippen LogP contribution < -0.4 is 10.6 Å². The standard InChI is InChI=1S/C20H26N4O5S/c1-6-28-19(26)16-12(5)21-20(27)22-14(16)9-29-18(25)15-7-13-11(4)23-24(8-10(2)3)17(13)30-15/h7,10,12H,6,8-9H2,1-5H3,(H2,21,22,27). The van der Waals surface area contributed by atoms with E-state index in [9.17, 15) is 14.4 Å². The molecule has 9 nitrogen and oxygen atoms in total. The number of fused-ring (bicyclic) bond motifs is 1. The van der Waals surface area contributed by atoms with Crippen molar-refractivity contribution >= 4 is 39.5 Å². The number of hydrogen-bond acceptors (Lipinski definition) is 7. The van der Waals surface area contributed by atoms with E-state index in [2.05, 4.69) is 29.6 Å². The number of amides is 2. The Morgan fingerprint density at radius 2 is 2.03 bits per heavy atom. The monoisotopic (exact) mass is 434 g/mol. The van der Waals surface area contributed by atoms with Gasteiger partial charge in [0.1, 0.15) is 16.3 Å². The first-order valence-electron chi connectivity index (χ1n) is 9.83. The van der Waals surface area contributed by atoms with Crippen LogP contribution in [0.4, 0.5) is 4.79 Å². The minimum Gasteiger partial charge on any atom is -0.463 e. The second-order valence-electron chi connectivity index (χ2n) is 7.50. The maximum atomic E-state index is 12.7. The summed E-state index contributed by atoms with van der Waals surface area (Å²) in [7, 11) is 0. The third kappa shape index (κ3) is 4.48. The highest BCUT2D eigenvalue weighted by molar-refractivity contribution is 7.20. The number of nitrogens with one attached hydrogen (secondary N) is 2. The first-order chi connectivity index (χ1) is 14.2. The van der Waals surface area contributed by atoms with Gasteiger partial charge in [0.15, 0.2) is 0 Å². The second kappa shape index (κ2) is 8.86. The molecule has 2 amide bonds. The Balaban J connectivity index is 1.80. The maximum Gasteiger partial charge on any atom is 0.348 e. The summed E-state index contributed by atoms with van der Waals surface area (Å²) >= 11 is 1.32. The maximum absolute atomic E-state index is 12.7. The number of urea groups is 1. The lowest BCUT2D eigenvalue weighted by atomic mass is 10.0. The highest BCUT2D eigenvalue weighted by Gasteiger charge is 2.30. The van der Waals surface area contributed by atoms with Crippen molar-refractivity contribution in [2.24, 2.45) is 5.92 Å². The lowest BCUT2D eigenvalue weighted by Crippen LogP contribution is -2.50. The normalized spacial score (nSPS) is 16.6. The van der Waals surface area contributed by atoms with Crippen LogP contribution in [0.2, 0.25) is 0 Å². The number of carbonyl (C=O) groups excluding carboxylic acids is 3. The summed E-state index contributed by atoms with van der Waals surface area (Å²) in [6.45, 7) is 10.2. The van der Waals surface area contributed by atoms with Gasteiger partial charge in [-0.05, 0) is 32.8 Å². The van der Waals surface area contributed by atoms with E-state index in [1.54, 1.807) is 19.9 Å². The molecule has 1 aliphatic rings. The number of nitrogens with zero attached hydrogens (tertiary/aromatic N) is 2. The molecule has 0 saturated carbocycles. The van der Waals surface area contributed by atoms with Gasteiger partial charge in [-0.2, -0.15) is 5.10 Å². The molecule has 0 aliphatic carbocycles. The molecule has 1 aliphatic heterocycles. The van der Waals surface area contributed by atoms with E-state index >= 15 is 0 Å². The smallest absolute Gasteiger partial charge is 0.348 e. The van der Waals surface area contributed by atoms with E-state index in [-0.39, 0.29) is 24.5 Å². The molecule has 2 N–H and O–H groups in total. The Morgan fingerprint density at radius 3 is 2.70 bits per heavy atom. The molecule has 0 bridgehead atoms. The predicted molar refractivity (Wildman–Crippen MR) is 112 cm³/mol. The summed E-state index contributed by atoms with van der Waals surface area (Å²) in [6.07, 6.45) is 0. The molecule has 3 heterocycles. The van der Waals surface area contributed by atoms with Crippen molar-refractivity contribution in [2.45, 2.75) is 47.2 Å². The summed E-state index contributed by atoms with van der Waals surface area (Å²) in [5.41, 5.74) is 1.32. The summed E-state index contributed by atoms with van der Waals surface area (Å²) in [4.78, 5) is 38.1. The van der Waals surface area contributed by atoms with Gasteiger partial charge in [0.25, 0.3) is 0 Å². The van der Waals surface area contributed by atoms with Gasteiger partial charge in [-0.25, -0.2) is 14.4 Å². The van der Waals surface area contributed by atoms with Crippen molar-refractivity contribution in [3.05, 3.63) is 27.9 Å². The molecule has 1 unspecified atom stereocenters. The van der Waals surface area contributed by atoms with Crippen LogP contribution in [0.15, 0.2) is 17.3 Å². The lowest BCUT2D eigenvalue weighted by Gasteiger charge is -2.26. The minimum absolute atomic E-state index is 0.199. The van der Waals surface area contributed by atoms with Crippen molar-refractivity contribution in [3.8, 4) is 0 Å². The lowest BCUT2D eigenvalue weighted by molar-refractivity contribution is -0.139. The molecular weight excluding hydrogens is 408 g/mol. The average Bonchev–Trinajstić information content (AvgIpc) is 3.20. The van der Waals surface area contributed by atoms with Crippen LogP contribution in [0.5, 0.6) is 0 Å². The number of carbonyl (C=O) groups is 3. The van der Waals surface area contributed by atoms with Crippen LogP contribution in [-0.4, -0.2) is 47.0 Å². The molecule has 0 fully saturated rings. The summed E-state index contributed by atoms with van der Waals surface area (Å²) < 4.78 is 12.4. The Bertz CT molecular complexity index is 1020. The number of ether oxygens (including phenoxy) is 2. The number of hydrogen-bond donors (Lipinski definition) is 2. The fraction of sp³-hybridized carbons (Fsp3) is 0.500. The molecular formula is C20H26N4O5S. The van der Waals surface area contributed by atoms with Crippen LogP contribution in [0.1, 0.15) is 43.1 Å². The summed E-state index contributed by atoms with van der Waals surface area (Å²) in [5.74, 6) is -0.665. The Labute approximate surface area is 178 Å². The Kier molecular flexibility index (Phi) is 6.45. The Morgan fingerprint density at radius 1 is 1.30 bits per heavy atom. The topological polar surface area (TPSA) is 112 Å². The van der Waals surface area contributed by atoms with Gasteiger partial charge in [-0.3, -0.25) is 4.68 Å². The van der Waals surface area contributed by atoms with E-state index in [1.165, 1.54) is 11.3 Å². The van der Waals surface area contributed by atoms with Gasteiger partial charge in [0, 0.05) is 11.9 Å². The highest BCUT2D eigenvalue weighted by Crippen LogP contribution is 2.29. The van der Waals surface area contributed by atoms with Crippen molar-refractivity contribution in [2.75, 3.05) is 13.2 Å². The largest absolute Gasteiger partial charge is 0.463 e. The SMILES string of the molecule is CCOC(=O)C1=C(COC(=O)c2cc3c(C)nn(CC(C)C)c3s2)NC(=O)NC1C. The van der Waals surface area contributed by atoms with E-state index in [0.29, 0.717) is 10.8 Å². The van der Waals surface area contributed by atoms with Crippen molar-refractivity contribution < 1.29 is 23.9 Å². The van der Waals surface area contributed by atoms with E-state index in [0.717, 1.165) is 22.5 Å². The molecule has 30 heavy (non-hydrogen) atoms. The van der Waals surface area contributed by atoms with Crippen LogP contribution in [-0.2, 0) is 20.8 Å². The van der Waals surface area contributed by atoms with Crippen LogP contribution in [0.3, 0.4) is 0 Å². The number of aromatic nitrogens is 2. The quantitative estimate of drug-likeness (QED) is 0.648.